The quantitative estimate of drug-likeness (QED) is 0.693. The van der Waals surface area contributed by atoms with Gasteiger partial charge in [-0.25, -0.2) is 0 Å². The largest absolute Gasteiger partial charge is 0.385 e. The van der Waals surface area contributed by atoms with Crippen molar-refractivity contribution in [3.8, 4) is 0 Å². The summed E-state index contributed by atoms with van der Waals surface area (Å²) in [4.78, 5) is 4.43. The summed E-state index contributed by atoms with van der Waals surface area (Å²) in [5.41, 5.74) is 2.29. The maximum absolute atomic E-state index is 4.98. The van der Waals surface area contributed by atoms with Gasteiger partial charge in [0.05, 0.1) is 0 Å². The fourth-order valence-corrected chi connectivity index (χ4v) is 1.29. The minimum absolute atomic E-state index is 0.853. The molecule has 0 spiro atoms. The predicted octanol–water partition coefficient (Wildman–Crippen LogP) is 3.39. The summed E-state index contributed by atoms with van der Waals surface area (Å²) < 4.78 is 4.98. The Bertz CT molecular complexity index is 248. The van der Waals surface area contributed by atoms with Gasteiger partial charge in [-0.05, 0) is 38.3 Å². The van der Waals surface area contributed by atoms with E-state index in [1.807, 2.05) is 26.8 Å². The molecule has 0 saturated carbocycles. The van der Waals surface area contributed by atoms with Crippen LogP contribution in [0.3, 0.4) is 0 Å². The van der Waals surface area contributed by atoms with E-state index in [0.717, 1.165) is 31.6 Å². The van der Waals surface area contributed by atoms with Crippen LogP contribution in [0.1, 0.15) is 38.1 Å². The van der Waals surface area contributed by atoms with E-state index >= 15 is 0 Å². The highest BCUT2D eigenvalue weighted by Crippen LogP contribution is 2.03. The number of rotatable bonds is 5. The molecule has 0 aromatic carbocycles. The van der Waals surface area contributed by atoms with E-state index in [0.29, 0.717) is 0 Å². The van der Waals surface area contributed by atoms with Crippen LogP contribution in [-0.4, -0.2) is 18.7 Å². The zero-order valence-electron chi connectivity index (χ0n) is 10.4. The molecule has 1 heterocycles. The van der Waals surface area contributed by atoms with E-state index in [1.165, 1.54) is 5.69 Å². The van der Waals surface area contributed by atoms with Crippen LogP contribution < -0.4 is 0 Å². The summed E-state index contributed by atoms with van der Waals surface area (Å²) in [7, 11) is 1.74. The Hall–Kier alpha value is -0.890. The second kappa shape index (κ2) is 9.66. The third-order valence-electron chi connectivity index (χ3n) is 1.98. The van der Waals surface area contributed by atoms with E-state index in [2.05, 4.69) is 17.1 Å². The van der Waals surface area contributed by atoms with Gasteiger partial charge in [0, 0.05) is 25.1 Å². The van der Waals surface area contributed by atoms with E-state index in [4.69, 9.17) is 4.74 Å². The number of hydrogen-bond acceptors (Lipinski definition) is 2. The summed E-state index contributed by atoms with van der Waals surface area (Å²) in [6, 6.07) is 6.17. The van der Waals surface area contributed by atoms with Crippen molar-refractivity contribution in [2.75, 3.05) is 13.7 Å². The van der Waals surface area contributed by atoms with Gasteiger partial charge in [-0.2, -0.15) is 0 Å². The molecule has 86 valence electrons. The molecule has 0 fully saturated rings. The molecule has 0 aliphatic heterocycles. The van der Waals surface area contributed by atoms with Crippen molar-refractivity contribution >= 4 is 0 Å². The van der Waals surface area contributed by atoms with Gasteiger partial charge in [0.15, 0.2) is 0 Å². The van der Waals surface area contributed by atoms with Gasteiger partial charge in [-0.1, -0.05) is 19.9 Å². The first-order valence-corrected chi connectivity index (χ1v) is 5.74. The van der Waals surface area contributed by atoms with Crippen LogP contribution in [0, 0.1) is 6.92 Å². The minimum Gasteiger partial charge on any atom is -0.385 e. The Kier molecular flexibility index (Phi) is 9.08. The molecule has 1 rings (SSSR count). The van der Waals surface area contributed by atoms with Crippen molar-refractivity contribution in [2.45, 2.75) is 40.0 Å². The van der Waals surface area contributed by atoms with Gasteiger partial charge in [0.2, 0.25) is 0 Å². The zero-order valence-corrected chi connectivity index (χ0v) is 10.4. The topological polar surface area (TPSA) is 22.1 Å². The zero-order chi connectivity index (χ0) is 11.5. The van der Waals surface area contributed by atoms with Gasteiger partial charge < -0.3 is 4.74 Å². The highest BCUT2D eigenvalue weighted by Gasteiger charge is 1.94. The molecule has 0 aliphatic carbocycles. The number of unbranched alkanes of at least 4 members (excludes halogenated alkanes) is 1. The summed E-state index contributed by atoms with van der Waals surface area (Å²) in [6.07, 6.45) is 3.33. The maximum atomic E-state index is 4.98. The number of methoxy groups -OCH3 is 1. The van der Waals surface area contributed by atoms with Crippen molar-refractivity contribution in [3.05, 3.63) is 29.6 Å². The molecule has 0 radical (unpaired) electrons. The lowest BCUT2D eigenvalue weighted by Crippen LogP contribution is -1.94. The number of pyridine rings is 1. The van der Waals surface area contributed by atoms with E-state index in [-0.39, 0.29) is 0 Å². The molecule has 1 aromatic heterocycles. The molecule has 1 aromatic rings. The Morgan fingerprint density at radius 2 is 1.93 bits per heavy atom. The summed E-state index contributed by atoms with van der Waals surface area (Å²) in [6.45, 7) is 6.88. The standard InChI is InChI=1S/C11H17NO.C2H6/c1-10-6-5-8-11(12-10)7-3-4-9-13-2;1-2/h5-6,8H,3-4,7,9H2,1-2H3;1-2H3. The molecule has 0 N–H and O–H groups in total. The first-order chi connectivity index (χ1) is 7.33. The lowest BCUT2D eigenvalue weighted by atomic mass is 10.2. The Morgan fingerprint density at radius 1 is 1.20 bits per heavy atom. The molecular weight excluding hydrogens is 186 g/mol. The molecule has 0 saturated heterocycles. The van der Waals surface area contributed by atoms with Gasteiger partial charge in [-0.15, -0.1) is 0 Å². The van der Waals surface area contributed by atoms with Crippen molar-refractivity contribution < 1.29 is 4.74 Å². The van der Waals surface area contributed by atoms with Crippen molar-refractivity contribution in [1.29, 1.82) is 0 Å². The van der Waals surface area contributed by atoms with Crippen LogP contribution in [0.5, 0.6) is 0 Å². The molecular formula is C13H23NO. The van der Waals surface area contributed by atoms with Crippen LogP contribution >= 0.6 is 0 Å². The van der Waals surface area contributed by atoms with Crippen LogP contribution in [-0.2, 0) is 11.2 Å². The normalized spacial score (nSPS) is 9.33. The molecule has 0 amide bonds. The SMILES string of the molecule is CC.COCCCCc1cccc(C)n1. The van der Waals surface area contributed by atoms with Gasteiger partial charge in [-0.3, -0.25) is 4.98 Å². The Morgan fingerprint density at radius 3 is 2.53 bits per heavy atom. The molecule has 0 unspecified atom stereocenters. The van der Waals surface area contributed by atoms with Gasteiger partial charge in [0.25, 0.3) is 0 Å². The summed E-state index contributed by atoms with van der Waals surface area (Å²) in [5, 5.41) is 0. The lowest BCUT2D eigenvalue weighted by molar-refractivity contribution is 0.193. The Balaban J connectivity index is 0.000000921. The first kappa shape index (κ1) is 14.1. The van der Waals surface area contributed by atoms with Crippen LogP contribution in [0.15, 0.2) is 18.2 Å². The highest BCUT2D eigenvalue weighted by molar-refractivity contribution is 5.09. The maximum Gasteiger partial charge on any atom is 0.0462 e. The monoisotopic (exact) mass is 209 g/mol. The third-order valence-corrected chi connectivity index (χ3v) is 1.98. The second-order valence-corrected chi connectivity index (χ2v) is 3.22. The summed E-state index contributed by atoms with van der Waals surface area (Å²) in [5.74, 6) is 0. The molecule has 0 atom stereocenters. The van der Waals surface area contributed by atoms with E-state index in [1.54, 1.807) is 7.11 Å². The molecule has 0 aliphatic rings. The van der Waals surface area contributed by atoms with Crippen LogP contribution in [0.4, 0.5) is 0 Å². The number of aryl methyl sites for hydroxylation is 2. The smallest absolute Gasteiger partial charge is 0.0462 e. The number of hydrogen-bond donors (Lipinski definition) is 0. The van der Waals surface area contributed by atoms with E-state index < -0.39 is 0 Å². The fraction of sp³-hybridized carbons (Fsp3) is 0.615. The van der Waals surface area contributed by atoms with Gasteiger partial charge >= 0.3 is 0 Å². The molecule has 2 nitrogen and oxygen atoms in total. The molecule has 0 bridgehead atoms. The summed E-state index contributed by atoms with van der Waals surface area (Å²) >= 11 is 0. The number of aromatic nitrogens is 1. The van der Waals surface area contributed by atoms with Crippen molar-refractivity contribution in [2.24, 2.45) is 0 Å². The second-order valence-electron chi connectivity index (χ2n) is 3.22. The Labute approximate surface area is 93.7 Å². The first-order valence-electron chi connectivity index (χ1n) is 5.74. The number of nitrogens with zero attached hydrogens (tertiary/aromatic N) is 1. The van der Waals surface area contributed by atoms with Crippen LogP contribution in [0.2, 0.25) is 0 Å². The third kappa shape index (κ3) is 7.09. The molecule has 2 heteroatoms. The van der Waals surface area contributed by atoms with Crippen molar-refractivity contribution in [1.82, 2.24) is 4.98 Å². The average Bonchev–Trinajstić information content (AvgIpc) is 2.27. The van der Waals surface area contributed by atoms with Crippen LogP contribution in [0.25, 0.3) is 0 Å². The molecule has 15 heavy (non-hydrogen) atoms. The average molecular weight is 209 g/mol. The lowest BCUT2D eigenvalue weighted by Gasteiger charge is -2.01. The highest BCUT2D eigenvalue weighted by atomic mass is 16.5. The number of ether oxygens (including phenoxy) is 1. The van der Waals surface area contributed by atoms with Gasteiger partial charge in [0.1, 0.15) is 0 Å². The van der Waals surface area contributed by atoms with E-state index in [9.17, 15) is 0 Å². The van der Waals surface area contributed by atoms with Crippen molar-refractivity contribution in [3.63, 3.8) is 0 Å². The predicted molar refractivity (Wildman–Crippen MR) is 65.1 cm³/mol. The minimum atomic E-state index is 0.853. The fourth-order valence-electron chi connectivity index (χ4n) is 1.29.